The molecule has 1 aromatic rings. The van der Waals surface area contributed by atoms with Crippen LogP contribution in [0.25, 0.3) is 0 Å². The zero-order chi connectivity index (χ0) is 14.7. The molecule has 0 saturated carbocycles. The van der Waals surface area contributed by atoms with Crippen molar-refractivity contribution >= 4 is 26.0 Å². The second kappa shape index (κ2) is 6.19. The van der Waals surface area contributed by atoms with Crippen molar-refractivity contribution < 1.29 is 21.6 Å². The van der Waals surface area contributed by atoms with E-state index in [1.165, 1.54) is 12.1 Å². The maximum Gasteiger partial charge on any atom is 0.395 e. The zero-order valence-electron chi connectivity index (χ0n) is 9.69. The second-order valence-corrected chi connectivity index (χ2v) is 6.56. The third kappa shape index (κ3) is 5.87. The second-order valence-electron chi connectivity index (χ2n) is 4.02. The highest BCUT2D eigenvalue weighted by atomic mass is 79.9. The van der Waals surface area contributed by atoms with Crippen LogP contribution in [0.1, 0.15) is 24.3 Å². The van der Waals surface area contributed by atoms with Crippen LogP contribution in [0, 0.1) is 0 Å². The largest absolute Gasteiger partial charge is 0.395 e. The number of sulfonamides is 1. The maximum absolute atomic E-state index is 12.9. The Morgan fingerprint density at radius 3 is 2.42 bits per heavy atom. The summed E-state index contributed by atoms with van der Waals surface area (Å²) in [5, 5.41) is 4.76. The Balaban J connectivity index is 2.82. The van der Waals surface area contributed by atoms with Gasteiger partial charge in [0.05, 0.1) is 11.7 Å². The minimum absolute atomic E-state index is 0.00474. The van der Waals surface area contributed by atoms with Gasteiger partial charge in [0.15, 0.2) is 0 Å². The molecule has 0 aliphatic rings. The van der Waals surface area contributed by atoms with E-state index in [9.17, 15) is 21.6 Å². The lowest BCUT2D eigenvalue weighted by Gasteiger charge is -2.20. The van der Waals surface area contributed by atoms with E-state index in [-0.39, 0.29) is 18.4 Å². The molecule has 0 bridgehead atoms. The van der Waals surface area contributed by atoms with Gasteiger partial charge >= 0.3 is 6.18 Å². The molecule has 1 heterocycles. The van der Waals surface area contributed by atoms with Gasteiger partial charge in [0.1, 0.15) is 4.60 Å². The number of hydrogen-bond acceptors (Lipinski definition) is 3. The number of primary sulfonamides is 1. The molecule has 0 aliphatic carbocycles. The minimum Gasteiger partial charge on any atom is -0.249 e. The Kier molecular flexibility index (Phi) is 5.34. The van der Waals surface area contributed by atoms with E-state index >= 15 is 0 Å². The fraction of sp³-hybridized carbons (Fsp3) is 0.500. The molecule has 0 aliphatic heterocycles. The van der Waals surface area contributed by atoms with Crippen LogP contribution in [-0.4, -0.2) is 25.3 Å². The van der Waals surface area contributed by atoms with Gasteiger partial charge in [-0.15, -0.1) is 0 Å². The summed E-state index contributed by atoms with van der Waals surface area (Å²) in [6, 6.07) is 2.72. The topological polar surface area (TPSA) is 73.1 Å². The minimum atomic E-state index is -4.45. The van der Waals surface area contributed by atoms with Crippen molar-refractivity contribution in [3.05, 3.63) is 28.5 Å². The van der Waals surface area contributed by atoms with Crippen LogP contribution in [0.3, 0.4) is 0 Å². The first-order valence-electron chi connectivity index (χ1n) is 5.28. The summed E-state index contributed by atoms with van der Waals surface area (Å²) in [7, 11) is -3.74. The molecular formula is C10H12BrF3N2O2S. The van der Waals surface area contributed by atoms with Gasteiger partial charge in [0, 0.05) is 6.20 Å². The van der Waals surface area contributed by atoms with Crippen molar-refractivity contribution in [3.8, 4) is 0 Å². The van der Waals surface area contributed by atoms with Crippen molar-refractivity contribution in [1.29, 1.82) is 0 Å². The summed E-state index contributed by atoms with van der Waals surface area (Å²) in [5.74, 6) is -2.21. The number of pyridine rings is 1. The summed E-state index contributed by atoms with van der Waals surface area (Å²) >= 11 is 3.04. The lowest BCUT2D eigenvalue weighted by molar-refractivity contribution is -0.152. The molecule has 4 nitrogen and oxygen atoms in total. The summed E-state index contributed by atoms with van der Waals surface area (Å²) in [5.41, 5.74) is 0.00474. The quantitative estimate of drug-likeness (QED) is 0.820. The molecule has 0 aromatic carbocycles. The zero-order valence-corrected chi connectivity index (χ0v) is 12.1. The van der Waals surface area contributed by atoms with Crippen molar-refractivity contribution in [2.45, 2.75) is 24.9 Å². The molecule has 0 amide bonds. The molecule has 0 radical (unpaired) electrons. The molecule has 0 saturated heterocycles. The molecular weight excluding hydrogens is 349 g/mol. The molecule has 1 unspecified atom stereocenters. The van der Waals surface area contributed by atoms with E-state index in [0.717, 1.165) is 6.20 Å². The number of hydrogen-bond donors (Lipinski definition) is 1. The van der Waals surface area contributed by atoms with E-state index in [1.807, 2.05) is 0 Å². The smallest absolute Gasteiger partial charge is 0.249 e. The van der Waals surface area contributed by atoms with Crippen LogP contribution in [0.15, 0.2) is 22.9 Å². The SMILES string of the molecule is NS(=O)(=O)CCCC(c1ccc(Br)nc1)C(F)(F)F. The van der Waals surface area contributed by atoms with Crippen molar-refractivity contribution in [1.82, 2.24) is 4.98 Å². The lowest BCUT2D eigenvalue weighted by Crippen LogP contribution is -2.23. The Morgan fingerprint density at radius 2 is 2.00 bits per heavy atom. The van der Waals surface area contributed by atoms with E-state index in [4.69, 9.17) is 5.14 Å². The molecule has 0 fully saturated rings. The third-order valence-corrected chi connectivity index (χ3v) is 3.80. The molecule has 1 aromatic heterocycles. The number of aromatic nitrogens is 1. The van der Waals surface area contributed by atoms with Crippen molar-refractivity contribution in [2.24, 2.45) is 5.14 Å². The third-order valence-electron chi connectivity index (χ3n) is 2.47. The predicted octanol–water partition coefficient (Wildman–Crippen LogP) is 2.56. The number of nitrogens with two attached hydrogens (primary N) is 1. The van der Waals surface area contributed by atoms with E-state index in [1.54, 1.807) is 0 Å². The van der Waals surface area contributed by atoms with Gasteiger partial charge in [0.25, 0.3) is 0 Å². The van der Waals surface area contributed by atoms with E-state index < -0.39 is 27.9 Å². The van der Waals surface area contributed by atoms with Gasteiger partial charge in [-0.3, -0.25) is 0 Å². The molecule has 1 atom stereocenters. The van der Waals surface area contributed by atoms with Crippen LogP contribution < -0.4 is 5.14 Å². The van der Waals surface area contributed by atoms with Gasteiger partial charge in [-0.25, -0.2) is 18.5 Å². The molecule has 1 rings (SSSR count). The van der Waals surface area contributed by atoms with Gasteiger partial charge in [-0.2, -0.15) is 13.2 Å². The summed E-state index contributed by atoms with van der Waals surface area (Å²) in [4.78, 5) is 3.74. The Bertz CT molecular complexity index is 517. The Hall–Kier alpha value is -0.670. The highest BCUT2D eigenvalue weighted by Crippen LogP contribution is 2.38. The predicted molar refractivity (Wildman–Crippen MR) is 67.9 cm³/mol. The monoisotopic (exact) mass is 360 g/mol. The van der Waals surface area contributed by atoms with Crippen molar-refractivity contribution in [3.63, 3.8) is 0 Å². The summed E-state index contributed by atoms with van der Waals surface area (Å²) < 4.78 is 60.6. The Morgan fingerprint density at radius 1 is 1.37 bits per heavy atom. The fourth-order valence-electron chi connectivity index (χ4n) is 1.60. The summed E-state index contributed by atoms with van der Waals surface area (Å²) in [6.45, 7) is 0. The van der Waals surface area contributed by atoms with Crippen LogP contribution in [0.5, 0.6) is 0 Å². The van der Waals surface area contributed by atoms with Gasteiger partial charge in [-0.05, 0) is 40.4 Å². The number of halogens is 4. The molecule has 2 N–H and O–H groups in total. The molecule has 9 heteroatoms. The highest BCUT2D eigenvalue weighted by molar-refractivity contribution is 9.10. The molecule has 0 spiro atoms. The van der Waals surface area contributed by atoms with Crippen LogP contribution >= 0.6 is 15.9 Å². The first kappa shape index (κ1) is 16.4. The first-order chi connectivity index (χ1) is 8.59. The average molecular weight is 361 g/mol. The molecule has 19 heavy (non-hydrogen) atoms. The van der Waals surface area contributed by atoms with Crippen LogP contribution in [0.2, 0.25) is 0 Å². The van der Waals surface area contributed by atoms with Crippen LogP contribution in [-0.2, 0) is 10.0 Å². The van der Waals surface area contributed by atoms with Crippen molar-refractivity contribution in [2.75, 3.05) is 5.75 Å². The number of rotatable bonds is 5. The normalized spacial score (nSPS) is 14.4. The Labute approximate surface area is 117 Å². The summed E-state index contributed by atoms with van der Waals surface area (Å²) in [6.07, 6.45) is -3.82. The fourth-order valence-corrected chi connectivity index (χ4v) is 2.40. The standard InChI is InChI=1S/C10H12BrF3N2O2S/c11-9-4-3-7(6-16-9)8(10(12,13)14)2-1-5-19(15,17)18/h3-4,6,8H,1-2,5H2,(H2,15,17,18). The highest BCUT2D eigenvalue weighted by Gasteiger charge is 2.40. The molecule has 108 valence electrons. The van der Waals surface area contributed by atoms with Gasteiger partial charge in [-0.1, -0.05) is 6.07 Å². The van der Waals surface area contributed by atoms with Gasteiger partial charge < -0.3 is 0 Å². The lowest BCUT2D eigenvalue weighted by atomic mass is 9.95. The first-order valence-corrected chi connectivity index (χ1v) is 7.79. The van der Waals surface area contributed by atoms with Gasteiger partial charge in [0.2, 0.25) is 10.0 Å². The van der Waals surface area contributed by atoms with E-state index in [2.05, 4.69) is 20.9 Å². The van der Waals surface area contributed by atoms with E-state index in [0.29, 0.717) is 4.60 Å². The number of alkyl halides is 3. The maximum atomic E-state index is 12.9. The van der Waals surface area contributed by atoms with Crippen LogP contribution in [0.4, 0.5) is 13.2 Å². The number of nitrogens with zero attached hydrogens (tertiary/aromatic N) is 1. The average Bonchev–Trinajstić information content (AvgIpc) is 2.23.